The highest BCUT2D eigenvalue weighted by atomic mass is 32.1. The van der Waals surface area contributed by atoms with E-state index in [0.717, 1.165) is 41.3 Å². The van der Waals surface area contributed by atoms with Crippen LogP contribution in [0.3, 0.4) is 0 Å². The molecular weight excluding hydrogens is 361 g/mol. The van der Waals surface area contributed by atoms with Crippen molar-refractivity contribution in [3.05, 3.63) is 59.9 Å². The number of thiazole rings is 1. The molecule has 3 aromatic rings. The van der Waals surface area contributed by atoms with E-state index in [-0.39, 0.29) is 23.7 Å². The number of fused-ring (bicyclic) bond motifs is 1. The number of rotatable bonds is 4. The molecule has 0 spiro atoms. The quantitative estimate of drug-likeness (QED) is 0.720. The zero-order chi connectivity index (χ0) is 18.8. The molecule has 1 unspecified atom stereocenters. The fourth-order valence-corrected chi connectivity index (χ4v) is 4.56. The summed E-state index contributed by atoms with van der Waals surface area (Å²) in [6.07, 6.45) is 1.57. The van der Waals surface area contributed by atoms with Gasteiger partial charge >= 0.3 is 0 Å². The Kier molecular flexibility index (Phi) is 5.07. The molecule has 1 aliphatic heterocycles. The fourth-order valence-electron chi connectivity index (χ4n) is 3.53. The van der Waals surface area contributed by atoms with Crippen molar-refractivity contribution in [1.82, 2.24) is 10.3 Å². The fraction of sp³-hybridized carbons (Fsp3) is 0.333. The molecular formula is C21H22FN3OS. The molecule has 0 aliphatic carbocycles. The summed E-state index contributed by atoms with van der Waals surface area (Å²) < 4.78 is 14.7. The van der Waals surface area contributed by atoms with Crippen LogP contribution < -0.4 is 10.2 Å². The van der Waals surface area contributed by atoms with E-state index >= 15 is 0 Å². The summed E-state index contributed by atoms with van der Waals surface area (Å²) in [5.74, 6) is -0.154. The minimum atomic E-state index is -0.279. The van der Waals surface area contributed by atoms with E-state index < -0.39 is 0 Å². The molecule has 0 radical (unpaired) electrons. The number of aromatic nitrogens is 1. The summed E-state index contributed by atoms with van der Waals surface area (Å²) in [5.41, 5.74) is 1.55. The van der Waals surface area contributed by atoms with Gasteiger partial charge in [0.2, 0.25) is 5.91 Å². The van der Waals surface area contributed by atoms with E-state index in [0.29, 0.717) is 5.52 Å². The monoisotopic (exact) mass is 383 g/mol. The Hall–Kier alpha value is -2.47. The third-order valence-electron chi connectivity index (χ3n) is 5.15. The van der Waals surface area contributed by atoms with E-state index in [1.807, 2.05) is 43.3 Å². The number of amides is 1. The van der Waals surface area contributed by atoms with Crippen LogP contribution in [0.1, 0.15) is 31.4 Å². The van der Waals surface area contributed by atoms with Gasteiger partial charge in [-0.15, -0.1) is 0 Å². The van der Waals surface area contributed by atoms with Crippen molar-refractivity contribution in [2.45, 2.75) is 25.8 Å². The highest BCUT2D eigenvalue weighted by Crippen LogP contribution is 2.32. The number of benzene rings is 2. The average Bonchev–Trinajstić information content (AvgIpc) is 3.14. The number of para-hydroxylation sites is 1. The van der Waals surface area contributed by atoms with Crippen molar-refractivity contribution in [3.63, 3.8) is 0 Å². The number of carbonyl (C=O) groups excluding carboxylic acids is 1. The molecule has 4 nitrogen and oxygen atoms in total. The first-order chi connectivity index (χ1) is 13.1. The lowest BCUT2D eigenvalue weighted by Gasteiger charge is -2.31. The molecule has 1 aromatic heterocycles. The minimum Gasteiger partial charge on any atom is -0.349 e. The molecule has 2 aromatic carbocycles. The Morgan fingerprint density at radius 2 is 1.93 bits per heavy atom. The maximum Gasteiger partial charge on any atom is 0.223 e. The molecule has 1 N–H and O–H groups in total. The zero-order valence-electron chi connectivity index (χ0n) is 15.2. The van der Waals surface area contributed by atoms with Gasteiger partial charge in [-0.05, 0) is 37.5 Å². The van der Waals surface area contributed by atoms with Gasteiger partial charge in [0.05, 0.1) is 10.7 Å². The Balaban J connectivity index is 1.36. The van der Waals surface area contributed by atoms with Gasteiger partial charge < -0.3 is 10.2 Å². The predicted octanol–water partition coefficient (Wildman–Crippen LogP) is 4.53. The maximum absolute atomic E-state index is 13.9. The predicted molar refractivity (Wildman–Crippen MR) is 108 cm³/mol. The third kappa shape index (κ3) is 3.81. The molecule has 140 valence electrons. The van der Waals surface area contributed by atoms with Gasteiger partial charge in [-0.2, -0.15) is 0 Å². The molecule has 1 aliphatic rings. The van der Waals surface area contributed by atoms with Crippen LogP contribution in [0, 0.1) is 11.7 Å². The molecule has 1 fully saturated rings. The number of piperidine rings is 1. The van der Waals surface area contributed by atoms with Gasteiger partial charge in [0, 0.05) is 19.0 Å². The van der Waals surface area contributed by atoms with Crippen molar-refractivity contribution in [2.75, 3.05) is 18.0 Å². The molecule has 6 heteroatoms. The van der Waals surface area contributed by atoms with Crippen LogP contribution in [0.5, 0.6) is 0 Å². The third-order valence-corrected chi connectivity index (χ3v) is 6.23. The summed E-state index contributed by atoms with van der Waals surface area (Å²) in [5, 5.41) is 3.97. The highest BCUT2D eigenvalue weighted by molar-refractivity contribution is 7.22. The maximum atomic E-state index is 13.9. The van der Waals surface area contributed by atoms with Crippen LogP contribution in [0.4, 0.5) is 9.52 Å². The number of hydrogen-bond acceptors (Lipinski definition) is 4. The molecule has 27 heavy (non-hydrogen) atoms. The van der Waals surface area contributed by atoms with Crippen LogP contribution in [-0.4, -0.2) is 24.0 Å². The highest BCUT2D eigenvalue weighted by Gasteiger charge is 2.27. The first kappa shape index (κ1) is 17.9. The molecule has 0 bridgehead atoms. The van der Waals surface area contributed by atoms with E-state index in [1.54, 1.807) is 6.07 Å². The van der Waals surface area contributed by atoms with Gasteiger partial charge in [0.15, 0.2) is 5.13 Å². The summed E-state index contributed by atoms with van der Waals surface area (Å²) in [6.45, 7) is 3.54. The Bertz CT molecular complexity index is 935. The summed E-state index contributed by atoms with van der Waals surface area (Å²) >= 11 is 1.51. The first-order valence-corrected chi connectivity index (χ1v) is 10.1. The lowest BCUT2D eigenvalue weighted by atomic mass is 9.95. The minimum absolute atomic E-state index is 0.00367. The van der Waals surface area contributed by atoms with E-state index in [4.69, 9.17) is 0 Å². The number of nitrogens with zero attached hydrogens (tertiary/aromatic N) is 2. The molecule has 1 amide bonds. The van der Waals surface area contributed by atoms with E-state index in [1.165, 1.54) is 17.4 Å². The molecule has 4 rings (SSSR count). The number of hydrogen-bond donors (Lipinski definition) is 1. The van der Waals surface area contributed by atoms with Crippen molar-refractivity contribution in [3.8, 4) is 0 Å². The SMILES string of the molecule is CC(NC(=O)C1CCN(c2nc3c(F)cccc3s2)CC1)c1ccccc1. The van der Waals surface area contributed by atoms with Gasteiger partial charge in [-0.25, -0.2) is 9.37 Å². The van der Waals surface area contributed by atoms with Crippen LogP contribution in [0.25, 0.3) is 10.2 Å². The second-order valence-electron chi connectivity index (χ2n) is 6.99. The number of anilines is 1. The average molecular weight is 383 g/mol. The molecule has 1 saturated heterocycles. The van der Waals surface area contributed by atoms with E-state index in [9.17, 15) is 9.18 Å². The van der Waals surface area contributed by atoms with Gasteiger partial charge in [0.25, 0.3) is 0 Å². The van der Waals surface area contributed by atoms with Crippen molar-refractivity contribution < 1.29 is 9.18 Å². The smallest absolute Gasteiger partial charge is 0.223 e. The van der Waals surface area contributed by atoms with Crippen LogP contribution in [0.15, 0.2) is 48.5 Å². The van der Waals surface area contributed by atoms with Crippen molar-refractivity contribution >= 4 is 32.6 Å². The van der Waals surface area contributed by atoms with Gasteiger partial charge in [0.1, 0.15) is 11.3 Å². The molecule has 0 saturated carbocycles. The Labute approximate surface area is 162 Å². The largest absolute Gasteiger partial charge is 0.349 e. The lowest BCUT2D eigenvalue weighted by molar-refractivity contribution is -0.126. The first-order valence-electron chi connectivity index (χ1n) is 9.27. The Morgan fingerprint density at radius 3 is 2.63 bits per heavy atom. The molecule has 2 heterocycles. The summed E-state index contributed by atoms with van der Waals surface area (Å²) in [7, 11) is 0. The lowest BCUT2D eigenvalue weighted by Crippen LogP contribution is -2.41. The standard InChI is InChI=1S/C21H22FN3OS/c1-14(15-6-3-2-4-7-15)23-20(26)16-10-12-25(13-11-16)21-24-19-17(22)8-5-9-18(19)27-21/h2-9,14,16H,10-13H2,1H3,(H,23,26). The second kappa shape index (κ2) is 7.64. The van der Waals surface area contributed by atoms with Crippen LogP contribution in [-0.2, 0) is 4.79 Å². The van der Waals surface area contributed by atoms with Crippen molar-refractivity contribution in [1.29, 1.82) is 0 Å². The summed E-state index contributed by atoms with van der Waals surface area (Å²) in [4.78, 5) is 19.2. The number of nitrogens with one attached hydrogen (secondary N) is 1. The summed E-state index contributed by atoms with van der Waals surface area (Å²) in [6, 6.07) is 15.0. The van der Waals surface area contributed by atoms with Crippen LogP contribution in [0.2, 0.25) is 0 Å². The van der Waals surface area contributed by atoms with Crippen molar-refractivity contribution in [2.24, 2.45) is 5.92 Å². The van der Waals surface area contributed by atoms with Gasteiger partial charge in [-0.1, -0.05) is 47.7 Å². The molecule has 1 atom stereocenters. The Morgan fingerprint density at radius 1 is 1.19 bits per heavy atom. The zero-order valence-corrected chi connectivity index (χ0v) is 16.0. The normalized spacial score (nSPS) is 16.4. The number of halogens is 1. The number of carbonyl (C=O) groups is 1. The second-order valence-corrected chi connectivity index (χ2v) is 7.99. The van der Waals surface area contributed by atoms with Crippen LogP contribution >= 0.6 is 11.3 Å². The topological polar surface area (TPSA) is 45.2 Å². The van der Waals surface area contributed by atoms with E-state index in [2.05, 4.69) is 15.2 Å². The van der Waals surface area contributed by atoms with Gasteiger partial charge in [-0.3, -0.25) is 4.79 Å².